The number of hydrogen-bond acceptors (Lipinski definition) is 3. The van der Waals surface area contributed by atoms with Crippen LogP contribution in [0, 0.1) is 5.82 Å². The molecule has 1 aromatic heterocycles. The first-order valence-corrected chi connectivity index (χ1v) is 9.44. The second-order valence-electron chi connectivity index (χ2n) is 6.50. The minimum absolute atomic E-state index is 0.346. The quantitative estimate of drug-likeness (QED) is 0.604. The van der Waals surface area contributed by atoms with Gasteiger partial charge in [-0.2, -0.15) is 0 Å². The van der Waals surface area contributed by atoms with E-state index in [2.05, 4.69) is 10.3 Å². The highest BCUT2D eigenvalue weighted by atomic mass is 35.5. The van der Waals surface area contributed by atoms with Gasteiger partial charge >= 0.3 is 6.03 Å². The van der Waals surface area contributed by atoms with Gasteiger partial charge < -0.3 is 15.8 Å². The fraction of sp³-hybridized carbons (Fsp3) is 0.182. The molecule has 0 saturated heterocycles. The summed E-state index contributed by atoms with van der Waals surface area (Å²) in [7, 11) is 1.51. The van der Waals surface area contributed by atoms with Gasteiger partial charge in [-0.05, 0) is 41.0 Å². The average molecular weight is 414 g/mol. The van der Waals surface area contributed by atoms with Crippen LogP contribution in [0.15, 0.2) is 54.7 Å². The normalized spacial score (nSPS) is 10.6. The lowest BCUT2D eigenvalue weighted by molar-refractivity contribution is 0.249. The summed E-state index contributed by atoms with van der Waals surface area (Å²) in [6, 6.07) is 13.7. The number of methoxy groups -OCH3 is 1. The first kappa shape index (κ1) is 20.6. The maximum absolute atomic E-state index is 15.3. The minimum Gasteiger partial charge on any atom is -0.496 e. The maximum atomic E-state index is 15.3. The molecular weight excluding hydrogens is 393 g/mol. The molecule has 7 heteroatoms. The number of nitrogens with two attached hydrogens (primary N) is 1. The molecule has 5 nitrogen and oxygen atoms in total. The number of benzene rings is 2. The number of primary amides is 1. The molecule has 3 N–H and O–H groups in total. The summed E-state index contributed by atoms with van der Waals surface area (Å²) in [5.41, 5.74) is 8.31. The topological polar surface area (TPSA) is 77.2 Å². The van der Waals surface area contributed by atoms with Crippen molar-refractivity contribution in [1.82, 2.24) is 10.3 Å². The summed E-state index contributed by atoms with van der Waals surface area (Å²) in [5, 5.41) is 3.05. The molecule has 0 aliphatic rings. The number of pyridine rings is 1. The van der Waals surface area contributed by atoms with Crippen LogP contribution in [0.4, 0.5) is 9.18 Å². The van der Waals surface area contributed by atoms with Crippen LogP contribution < -0.4 is 15.8 Å². The van der Waals surface area contributed by atoms with Crippen LogP contribution in [0.25, 0.3) is 11.1 Å². The molecule has 0 atom stereocenters. The van der Waals surface area contributed by atoms with Gasteiger partial charge in [0.15, 0.2) is 0 Å². The molecule has 3 rings (SSSR count). The van der Waals surface area contributed by atoms with E-state index >= 15 is 4.39 Å². The fourth-order valence-corrected chi connectivity index (χ4v) is 3.25. The van der Waals surface area contributed by atoms with Crippen LogP contribution in [-0.2, 0) is 12.8 Å². The summed E-state index contributed by atoms with van der Waals surface area (Å²) in [4.78, 5) is 15.1. The first-order chi connectivity index (χ1) is 14.0. The van der Waals surface area contributed by atoms with Crippen molar-refractivity contribution in [1.29, 1.82) is 0 Å². The van der Waals surface area contributed by atoms with E-state index in [0.717, 1.165) is 11.3 Å². The number of urea groups is 1. The highest BCUT2D eigenvalue weighted by Gasteiger charge is 2.17. The monoisotopic (exact) mass is 413 g/mol. The van der Waals surface area contributed by atoms with Crippen molar-refractivity contribution in [3.05, 3.63) is 82.4 Å². The number of hydrogen-bond donors (Lipinski definition) is 2. The van der Waals surface area contributed by atoms with E-state index < -0.39 is 6.03 Å². The molecular formula is C22H21ClFN3O2. The first-order valence-electron chi connectivity index (χ1n) is 9.06. The van der Waals surface area contributed by atoms with E-state index in [9.17, 15) is 4.79 Å². The van der Waals surface area contributed by atoms with Crippen molar-refractivity contribution >= 4 is 17.6 Å². The summed E-state index contributed by atoms with van der Waals surface area (Å²) < 4.78 is 20.7. The maximum Gasteiger partial charge on any atom is 0.312 e. The van der Waals surface area contributed by atoms with E-state index in [-0.39, 0.29) is 5.82 Å². The Labute approximate surface area is 173 Å². The van der Waals surface area contributed by atoms with Gasteiger partial charge in [0.1, 0.15) is 11.6 Å². The SMILES string of the molecule is COc1ccc(Cc2ccc(CCNC(N)=O)nc2)c(F)c1-c1cccc(Cl)c1. The third-order valence-electron chi connectivity index (χ3n) is 4.48. The average Bonchev–Trinajstić information content (AvgIpc) is 2.70. The number of amides is 2. The molecule has 0 aliphatic carbocycles. The molecule has 150 valence electrons. The number of rotatable bonds is 7. The zero-order chi connectivity index (χ0) is 20.8. The highest BCUT2D eigenvalue weighted by molar-refractivity contribution is 6.30. The van der Waals surface area contributed by atoms with Gasteiger partial charge in [-0.3, -0.25) is 4.98 Å². The number of halogens is 2. The molecule has 2 amide bonds. The molecule has 0 fully saturated rings. The predicted octanol–water partition coefficient (Wildman–Crippen LogP) is 4.35. The number of nitrogens with one attached hydrogen (secondary N) is 1. The molecule has 0 radical (unpaired) electrons. The summed E-state index contributed by atoms with van der Waals surface area (Å²) in [6.07, 6.45) is 2.66. The number of ether oxygens (including phenoxy) is 1. The highest BCUT2D eigenvalue weighted by Crippen LogP contribution is 2.36. The third kappa shape index (κ3) is 5.23. The molecule has 2 aromatic carbocycles. The van der Waals surface area contributed by atoms with Crippen LogP contribution >= 0.6 is 11.6 Å². The molecule has 1 heterocycles. The number of nitrogens with zero attached hydrogens (tertiary/aromatic N) is 1. The second kappa shape index (κ2) is 9.39. The van der Waals surface area contributed by atoms with E-state index in [1.54, 1.807) is 42.6 Å². The summed E-state index contributed by atoms with van der Waals surface area (Å²) in [5.74, 6) is 0.102. The van der Waals surface area contributed by atoms with Gasteiger partial charge in [0, 0.05) is 36.3 Å². The van der Waals surface area contributed by atoms with E-state index in [1.807, 2.05) is 12.1 Å². The second-order valence-corrected chi connectivity index (χ2v) is 6.94. The van der Waals surface area contributed by atoms with E-state index in [1.165, 1.54) is 7.11 Å². The van der Waals surface area contributed by atoms with Crippen molar-refractivity contribution in [3.63, 3.8) is 0 Å². The zero-order valence-electron chi connectivity index (χ0n) is 15.9. The molecule has 3 aromatic rings. The van der Waals surface area contributed by atoms with Gasteiger partial charge in [0.05, 0.1) is 12.7 Å². The lowest BCUT2D eigenvalue weighted by Gasteiger charge is -2.14. The van der Waals surface area contributed by atoms with Crippen LogP contribution in [0.2, 0.25) is 5.02 Å². The van der Waals surface area contributed by atoms with Gasteiger partial charge in [-0.25, -0.2) is 9.18 Å². The van der Waals surface area contributed by atoms with Gasteiger partial charge in [0.25, 0.3) is 0 Å². The Morgan fingerprint density at radius 3 is 2.72 bits per heavy atom. The van der Waals surface area contributed by atoms with Crippen molar-refractivity contribution in [2.75, 3.05) is 13.7 Å². The minimum atomic E-state index is -0.563. The molecule has 0 aliphatic heterocycles. The van der Waals surface area contributed by atoms with Crippen molar-refractivity contribution in [3.8, 4) is 16.9 Å². The Hall–Kier alpha value is -3.12. The largest absolute Gasteiger partial charge is 0.496 e. The smallest absolute Gasteiger partial charge is 0.312 e. The Kier molecular flexibility index (Phi) is 6.67. The fourth-order valence-electron chi connectivity index (χ4n) is 3.06. The Morgan fingerprint density at radius 2 is 2.07 bits per heavy atom. The Morgan fingerprint density at radius 1 is 1.24 bits per heavy atom. The Bertz CT molecular complexity index is 1010. The molecule has 0 saturated carbocycles. The van der Waals surface area contributed by atoms with Crippen molar-refractivity contribution in [2.24, 2.45) is 5.73 Å². The number of carbonyl (C=O) groups excluding carboxylic acids is 1. The number of aromatic nitrogens is 1. The van der Waals surface area contributed by atoms with Crippen molar-refractivity contribution < 1.29 is 13.9 Å². The molecule has 0 bridgehead atoms. The summed E-state index contributed by atoms with van der Waals surface area (Å²) >= 11 is 6.08. The lowest BCUT2D eigenvalue weighted by Crippen LogP contribution is -2.31. The van der Waals surface area contributed by atoms with Gasteiger partial charge in [-0.15, -0.1) is 0 Å². The number of carbonyl (C=O) groups is 1. The van der Waals surface area contributed by atoms with Gasteiger partial charge in [0.2, 0.25) is 0 Å². The van der Waals surface area contributed by atoms with Crippen LogP contribution in [0.1, 0.15) is 16.8 Å². The molecule has 29 heavy (non-hydrogen) atoms. The van der Waals surface area contributed by atoms with E-state index in [4.69, 9.17) is 22.1 Å². The molecule has 0 spiro atoms. The Balaban J connectivity index is 1.83. The molecule has 0 unspecified atom stereocenters. The summed E-state index contributed by atoms with van der Waals surface area (Å²) in [6.45, 7) is 0.414. The standard InChI is InChI=1S/C22H21ClFN3O2/c1-29-19-8-6-16(21(24)20(19)15-3-2-4-17(23)12-15)11-14-5-7-18(27-13-14)9-10-26-22(25)28/h2-8,12-13H,9-11H2,1H3,(H3,25,26,28). The van der Waals surface area contributed by atoms with E-state index in [0.29, 0.717) is 46.8 Å². The third-order valence-corrected chi connectivity index (χ3v) is 4.71. The van der Waals surface area contributed by atoms with Crippen LogP contribution in [-0.4, -0.2) is 24.7 Å². The van der Waals surface area contributed by atoms with Gasteiger partial charge in [-0.1, -0.05) is 35.9 Å². The lowest BCUT2D eigenvalue weighted by atomic mass is 9.97. The van der Waals surface area contributed by atoms with Crippen LogP contribution in [0.5, 0.6) is 5.75 Å². The van der Waals surface area contributed by atoms with Crippen LogP contribution in [0.3, 0.4) is 0 Å². The zero-order valence-corrected chi connectivity index (χ0v) is 16.7. The predicted molar refractivity (Wildman–Crippen MR) is 112 cm³/mol. The van der Waals surface area contributed by atoms with Crippen molar-refractivity contribution in [2.45, 2.75) is 12.8 Å².